The van der Waals surface area contributed by atoms with Crippen LogP contribution in [0.4, 0.5) is 4.79 Å². The summed E-state index contributed by atoms with van der Waals surface area (Å²) in [5.41, 5.74) is 3.52. The third-order valence-electron chi connectivity index (χ3n) is 3.15. The Balaban J connectivity index is 3.98. The molecule has 0 aliphatic heterocycles. The Hall–Kier alpha value is -1.51. The third kappa shape index (κ3) is 15.2. The summed E-state index contributed by atoms with van der Waals surface area (Å²) in [6.07, 6.45) is 10.1. The molecule has 3 heteroatoms. The Labute approximate surface area is 142 Å². The summed E-state index contributed by atoms with van der Waals surface area (Å²) in [4.78, 5) is 11.4. The first-order chi connectivity index (χ1) is 10.6. The lowest BCUT2D eigenvalue weighted by Gasteiger charge is -2.18. The summed E-state index contributed by atoms with van der Waals surface area (Å²) in [7, 11) is 0. The van der Waals surface area contributed by atoms with Crippen LogP contribution in [-0.4, -0.2) is 18.4 Å². The van der Waals surface area contributed by atoms with Gasteiger partial charge in [0.2, 0.25) is 0 Å². The molecular formula is C20H34O3. The maximum absolute atomic E-state index is 11.4. The first kappa shape index (κ1) is 21.5. The predicted octanol–water partition coefficient (Wildman–Crippen LogP) is 6.36. The molecule has 0 rings (SSSR count). The van der Waals surface area contributed by atoms with Gasteiger partial charge in [-0.3, -0.25) is 0 Å². The predicted molar refractivity (Wildman–Crippen MR) is 97.6 cm³/mol. The molecule has 0 aromatic rings. The van der Waals surface area contributed by atoms with Gasteiger partial charge in [-0.05, 0) is 80.2 Å². The number of rotatable bonds is 8. The van der Waals surface area contributed by atoms with Crippen molar-refractivity contribution in [1.82, 2.24) is 0 Å². The van der Waals surface area contributed by atoms with E-state index in [-0.39, 0.29) is 6.61 Å². The van der Waals surface area contributed by atoms with E-state index in [4.69, 9.17) is 9.47 Å². The van der Waals surface area contributed by atoms with Crippen LogP contribution >= 0.6 is 0 Å². The average Bonchev–Trinajstić information content (AvgIpc) is 2.35. The minimum atomic E-state index is -0.614. The van der Waals surface area contributed by atoms with Crippen LogP contribution in [0.1, 0.15) is 74.1 Å². The minimum Gasteiger partial charge on any atom is -0.430 e. The lowest BCUT2D eigenvalue weighted by molar-refractivity contribution is -0.00247. The molecule has 0 saturated carbocycles. The van der Waals surface area contributed by atoms with E-state index in [0.29, 0.717) is 0 Å². The van der Waals surface area contributed by atoms with Crippen LogP contribution in [0.2, 0.25) is 0 Å². The fourth-order valence-corrected chi connectivity index (χ4v) is 1.87. The van der Waals surface area contributed by atoms with E-state index in [1.807, 2.05) is 26.8 Å². The van der Waals surface area contributed by atoms with E-state index in [9.17, 15) is 4.79 Å². The van der Waals surface area contributed by atoms with Gasteiger partial charge in [-0.15, -0.1) is 0 Å². The fraction of sp³-hybridized carbons (Fsp3) is 0.650. The minimum absolute atomic E-state index is 0.268. The van der Waals surface area contributed by atoms with Gasteiger partial charge in [-0.1, -0.05) is 28.9 Å². The molecule has 0 atom stereocenters. The number of carbonyl (C=O) groups is 1. The monoisotopic (exact) mass is 322 g/mol. The van der Waals surface area contributed by atoms with Crippen molar-refractivity contribution >= 4 is 6.16 Å². The molecule has 0 fully saturated rings. The third-order valence-corrected chi connectivity index (χ3v) is 3.15. The van der Waals surface area contributed by atoms with E-state index < -0.39 is 11.8 Å². The van der Waals surface area contributed by atoms with E-state index >= 15 is 0 Å². The lowest BCUT2D eigenvalue weighted by atomic mass is 10.1. The molecule has 0 saturated heterocycles. The highest BCUT2D eigenvalue weighted by Gasteiger charge is 2.16. The van der Waals surface area contributed by atoms with Gasteiger partial charge < -0.3 is 9.47 Å². The first-order valence-electron chi connectivity index (χ1n) is 8.40. The second kappa shape index (κ2) is 11.1. The van der Waals surface area contributed by atoms with Gasteiger partial charge in [0.25, 0.3) is 0 Å². The topological polar surface area (TPSA) is 35.5 Å². The number of ether oxygens (including phenoxy) is 2. The highest BCUT2D eigenvalue weighted by molar-refractivity contribution is 5.60. The van der Waals surface area contributed by atoms with Crippen molar-refractivity contribution in [3.8, 4) is 0 Å². The van der Waals surface area contributed by atoms with Crippen LogP contribution in [0, 0.1) is 0 Å². The Morgan fingerprint density at radius 1 is 0.870 bits per heavy atom. The van der Waals surface area contributed by atoms with Crippen molar-refractivity contribution in [3.05, 3.63) is 34.9 Å². The summed E-state index contributed by atoms with van der Waals surface area (Å²) < 4.78 is 10.1. The van der Waals surface area contributed by atoms with E-state index in [1.165, 1.54) is 16.7 Å². The summed E-state index contributed by atoms with van der Waals surface area (Å²) in [5.74, 6) is 0. The normalized spacial score (nSPS) is 12.8. The SMILES string of the molecule is CC(C)=CCCC(C)=CCCC(C)=CCOC(=O)OC(C)(C)C. The van der Waals surface area contributed by atoms with Crippen molar-refractivity contribution in [1.29, 1.82) is 0 Å². The molecule has 132 valence electrons. The molecular weight excluding hydrogens is 288 g/mol. The molecule has 0 heterocycles. The quantitative estimate of drug-likeness (QED) is 0.385. The summed E-state index contributed by atoms with van der Waals surface area (Å²) in [6.45, 7) is 14.2. The molecule has 0 radical (unpaired) electrons. The van der Waals surface area contributed by atoms with Crippen LogP contribution in [0.15, 0.2) is 34.9 Å². The Morgan fingerprint density at radius 3 is 1.91 bits per heavy atom. The average molecular weight is 322 g/mol. The van der Waals surface area contributed by atoms with Crippen molar-refractivity contribution in [2.45, 2.75) is 79.8 Å². The second-order valence-electron chi connectivity index (χ2n) is 7.24. The lowest BCUT2D eigenvalue weighted by Crippen LogP contribution is -2.24. The highest BCUT2D eigenvalue weighted by atomic mass is 16.7. The van der Waals surface area contributed by atoms with E-state index in [1.54, 1.807) is 0 Å². The molecule has 0 amide bonds. The van der Waals surface area contributed by atoms with Crippen LogP contribution < -0.4 is 0 Å². The molecule has 0 aliphatic carbocycles. The van der Waals surface area contributed by atoms with Crippen LogP contribution in [0.3, 0.4) is 0 Å². The maximum atomic E-state index is 11.4. The molecule has 0 N–H and O–H groups in total. The van der Waals surface area contributed by atoms with Gasteiger partial charge in [0, 0.05) is 0 Å². The van der Waals surface area contributed by atoms with Crippen LogP contribution in [0.5, 0.6) is 0 Å². The Morgan fingerprint density at radius 2 is 1.39 bits per heavy atom. The highest BCUT2D eigenvalue weighted by Crippen LogP contribution is 2.12. The molecule has 0 unspecified atom stereocenters. The van der Waals surface area contributed by atoms with Gasteiger partial charge in [0.1, 0.15) is 12.2 Å². The molecule has 23 heavy (non-hydrogen) atoms. The van der Waals surface area contributed by atoms with Gasteiger partial charge in [0.05, 0.1) is 0 Å². The fourth-order valence-electron chi connectivity index (χ4n) is 1.87. The van der Waals surface area contributed by atoms with E-state index in [2.05, 4.69) is 39.8 Å². The number of carbonyl (C=O) groups excluding carboxylic acids is 1. The Bertz CT molecular complexity index is 444. The number of allylic oxidation sites excluding steroid dienone is 5. The molecule has 0 aromatic carbocycles. The zero-order valence-corrected chi connectivity index (χ0v) is 16.0. The number of hydrogen-bond donors (Lipinski definition) is 0. The first-order valence-corrected chi connectivity index (χ1v) is 8.40. The zero-order valence-electron chi connectivity index (χ0n) is 16.0. The van der Waals surface area contributed by atoms with Gasteiger partial charge in [0.15, 0.2) is 0 Å². The molecule has 0 bridgehead atoms. The van der Waals surface area contributed by atoms with Gasteiger partial charge in [-0.25, -0.2) is 4.79 Å². The van der Waals surface area contributed by atoms with Crippen LogP contribution in [0.25, 0.3) is 0 Å². The molecule has 3 nitrogen and oxygen atoms in total. The summed E-state index contributed by atoms with van der Waals surface area (Å²) in [6, 6.07) is 0. The molecule has 0 aliphatic rings. The second-order valence-corrected chi connectivity index (χ2v) is 7.24. The smallest absolute Gasteiger partial charge is 0.430 e. The van der Waals surface area contributed by atoms with Crippen molar-refractivity contribution in [2.75, 3.05) is 6.61 Å². The van der Waals surface area contributed by atoms with Crippen LogP contribution in [-0.2, 0) is 9.47 Å². The summed E-state index contributed by atoms with van der Waals surface area (Å²) in [5, 5.41) is 0. The zero-order chi connectivity index (χ0) is 17.9. The van der Waals surface area contributed by atoms with Crippen molar-refractivity contribution in [3.63, 3.8) is 0 Å². The summed E-state index contributed by atoms with van der Waals surface area (Å²) >= 11 is 0. The molecule has 0 spiro atoms. The van der Waals surface area contributed by atoms with Gasteiger partial charge in [-0.2, -0.15) is 0 Å². The largest absolute Gasteiger partial charge is 0.509 e. The van der Waals surface area contributed by atoms with Crippen molar-refractivity contribution < 1.29 is 14.3 Å². The standard InChI is InChI=1S/C20H34O3/c1-16(2)10-8-11-17(3)12-9-13-18(4)14-15-22-19(21)23-20(5,6)7/h10,12,14H,8-9,11,13,15H2,1-7H3. The number of hydrogen-bond acceptors (Lipinski definition) is 3. The Kier molecular flexibility index (Phi) is 10.4. The maximum Gasteiger partial charge on any atom is 0.509 e. The molecule has 0 aromatic heterocycles. The van der Waals surface area contributed by atoms with Crippen molar-refractivity contribution in [2.24, 2.45) is 0 Å². The van der Waals surface area contributed by atoms with E-state index in [0.717, 1.165) is 25.7 Å². The van der Waals surface area contributed by atoms with Gasteiger partial charge >= 0.3 is 6.16 Å².